The van der Waals surface area contributed by atoms with Gasteiger partial charge in [-0.15, -0.1) is 0 Å². The van der Waals surface area contributed by atoms with E-state index in [4.69, 9.17) is 14.2 Å². The standard InChI is InChI=1S/C14H18O3/c1-11(9-16-10-15-2)8-13-14(17-13)12-6-4-3-5-7-12/h3-8,13-14H,9-10H2,1-2H3/b11-8+/t13?,14-/m1/s1. The van der Waals surface area contributed by atoms with Gasteiger partial charge in [0.05, 0.1) is 6.61 Å². The van der Waals surface area contributed by atoms with Gasteiger partial charge in [0.25, 0.3) is 0 Å². The zero-order valence-electron chi connectivity index (χ0n) is 10.3. The first-order chi connectivity index (χ1) is 8.31. The Kier molecular flexibility index (Phi) is 4.31. The number of ether oxygens (including phenoxy) is 3. The lowest BCUT2D eigenvalue weighted by Gasteiger charge is -2.01. The first-order valence-corrected chi connectivity index (χ1v) is 5.75. The second kappa shape index (κ2) is 5.96. The van der Waals surface area contributed by atoms with Crippen LogP contribution in [0.25, 0.3) is 0 Å². The molecular formula is C14H18O3. The maximum atomic E-state index is 5.62. The van der Waals surface area contributed by atoms with Gasteiger partial charge in [0.2, 0.25) is 0 Å². The molecule has 1 heterocycles. The summed E-state index contributed by atoms with van der Waals surface area (Å²) >= 11 is 0. The van der Waals surface area contributed by atoms with Crippen molar-refractivity contribution < 1.29 is 14.2 Å². The summed E-state index contributed by atoms with van der Waals surface area (Å²) in [6.07, 6.45) is 2.53. The van der Waals surface area contributed by atoms with Crippen molar-refractivity contribution in [1.82, 2.24) is 0 Å². The molecule has 1 unspecified atom stereocenters. The van der Waals surface area contributed by atoms with Gasteiger partial charge in [-0.3, -0.25) is 0 Å². The molecule has 0 N–H and O–H groups in total. The van der Waals surface area contributed by atoms with Crippen LogP contribution in [0.5, 0.6) is 0 Å². The number of rotatable bonds is 6. The molecule has 1 fully saturated rings. The molecule has 0 aliphatic carbocycles. The molecule has 92 valence electrons. The van der Waals surface area contributed by atoms with Crippen molar-refractivity contribution in [2.75, 3.05) is 20.5 Å². The van der Waals surface area contributed by atoms with Crippen LogP contribution in [-0.4, -0.2) is 26.6 Å². The highest BCUT2D eigenvalue weighted by molar-refractivity contribution is 5.25. The Morgan fingerprint density at radius 2 is 2.12 bits per heavy atom. The Balaban J connectivity index is 1.81. The van der Waals surface area contributed by atoms with E-state index in [1.807, 2.05) is 25.1 Å². The summed E-state index contributed by atoms with van der Waals surface area (Å²) in [5, 5.41) is 0. The highest BCUT2D eigenvalue weighted by Crippen LogP contribution is 2.39. The highest BCUT2D eigenvalue weighted by atomic mass is 16.7. The Morgan fingerprint density at radius 3 is 2.82 bits per heavy atom. The van der Waals surface area contributed by atoms with Crippen molar-refractivity contribution in [3.05, 3.63) is 47.5 Å². The van der Waals surface area contributed by atoms with Gasteiger partial charge in [0.1, 0.15) is 19.0 Å². The van der Waals surface area contributed by atoms with Crippen LogP contribution < -0.4 is 0 Å². The summed E-state index contributed by atoms with van der Waals surface area (Å²) in [7, 11) is 1.62. The fraction of sp³-hybridized carbons (Fsp3) is 0.429. The Labute approximate surface area is 102 Å². The normalized spacial score (nSPS) is 23.8. The molecule has 1 aliphatic heterocycles. The number of benzene rings is 1. The third-order valence-electron chi connectivity index (χ3n) is 2.63. The maximum absolute atomic E-state index is 5.62. The van der Waals surface area contributed by atoms with E-state index < -0.39 is 0 Å². The minimum absolute atomic E-state index is 0.198. The molecule has 0 spiro atoms. The van der Waals surface area contributed by atoms with Crippen LogP contribution in [0, 0.1) is 0 Å². The highest BCUT2D eigenvalue weighted by Gasteiger charge is 2.38. The molecule has 0 amide bonds. The molecule has 0 radical (unpaired) electrons. The van der Waals surface area contributed by atoms with E-state index in [-0.39, 0.29) is 12.2 Å². The van der Waals surface area contributed by atoms with Gasteiger partial charge in [-0.05, 0) is 18.1 Å². The van der Waals surface area contributed by atoms with Crippen LogP contribution in [0.1, 0.15) is 18.6 Å². The van der Waals surface area contributed by atoms with Crippen molar-refractivity contribution in [2.45, 2.75) is 19.1 Å². The van der Waals surface area contributed by atoms with E-state index in [9.17, 15) is 0 Å². The average Bonchev–Trinajstić information content (AvgIpc) is 3.10. The third-order valence-corrected chi connectivity index (χ3v) is 2.63. The monoisotopic (exact) mass is 234 g/mol. The zero-order chi connectivity index (χ0) is 12.1. The molecule has 17 heavy (non-hydrogen) atoms. The molecule has 2 atom stereocenters. The number of methoxy groups -OCH3 is 1. The van der Waals surface area contributed by atoms with E-state index >= 15 is 0 Å². The lowest BCUT2D eigenvalue weighted by molar-refractivity contribution is -0.0211. The van der Waals surface area contributed by atoms with Crippen molar-refractivity contribution >= 4 is 0 Å². The van der Waals surface area contributed by atoms with Gasteiger partial charge < -0.3 is 14.2 Å². The molecule has 2 rings (SSSR count). The maximum Gasteiger partial charge on any atom is 0.146 e. The molecule has 0 saturated carbocycles. The number of epoxide rings is 1. The summed E-state index contributed by atoms with van der Waals surface area (Å²) in [5.74, 6) is 0. The second-order valence-electron chi connectivity index (χ2n) is 4.20. The van der Waals surface area contributed by atoms with Crippen molar-refractivity contribution in [1.29, 1.82) is 0 Å². The molecule has 1 aliphatic rings. The smallest absolute Gasteiger partial charge is 0.146 e. The van der Waals surface area contributed by atoms with Gasteiger partial charge in [0.15, 0.2) is 0 Å². The fourth-order valence-electron chi connectivity index (χ4n) is 1.78. The molecule has 1 aromatic carbocycles. The molecule has 1 aromatic rings. The Bertz CT molecular complexity index is 372. The molecule has 0 bridgehead atoms. The summed E-state index contributed by atoms with van der Waals surface area (Å²) < 4.78 is 15.7. The van der Waals surface area contributed by atoms with E-state index in [0.717, 1.165) is 0 Å². The topological polar surface area (TPSA) is 31.0 Å². The summed E-state index contributed by atoms with van der Waals surface area (Å²) in [6, 6.07) is 10.3. The summed E-state index contributed by atoms with van der Waals surface area (Å²) in [4.78, 5) is 0. The van der Waals surface area contributed by atoms with Crippen molar-refractivity contribution in [2.24, 2.45) is 0 Å². The third kappa shape index (κ3) is 3.66. The molecule has 3 heteroatoms. The van der Waals surface area contributed by atoms with Gasteiger partial charge in [-0.1, -0.05) is 36.4 Å². The first kappa shape index (κ1) is 12.3. The van der Waals surface area contributed by atoms with Gasteiger partial charge >= 0.3 is 0 Å². The zero-order valence-corrected chi connectivity index (χ0v) is 10.3. The van der Waals surface area contributed by atoms with Gasteiger partial charge in [-0.2, -0.15) is 0 Å². The molecular weight excluding hydrogens is 216 g/mol. The van der Waals surface area contributed by atoms with Crippen LogP contribution >= 0.6 is 0 Å². The predicted octanol–water partition coefficient (Wildman–Crippen LogP) is 2.69. The second-order valence-corrected chi connectivity index (χ2v) is 4.20. The van der Waals surface area contributed by atoms with Crippen LogP contribution in [0.4, 0.5) is 0 Å². The molecule has 1 saturated heterocycles. The van der Waals surface area contributed by atoms with E-state index in [1.165, 1.54) is 11.1 Å². The van der Waals surface area contributed by atoms with Crippen LogP contribution in [0.2, 0.25) is 0 Å². The number of hydrogen-bond donors (Lipinski definition) is 0. The molecule has 3 nitrogen and oxygen atoms in total. The summed E-state index contributed by atoms with van der Waals surface area (Å²) in [6.45, 7) is 2.97. The minimum atomic E-state index is 0.198. The molecule has 0 aromatic heterocycles. The van der Waals surface area contributed by atoms with E-state index in [0.29, 0.717) is 13.4 Å². The minimum Gasteiger partial charge on any atom is -0.360 e. The SMILES string of the molecule is COCOC/C(C)=C/C1O[C@@H]1c1ccccc1. The lowest BCUT2D eigenvalue weighted by atomic mass is 10.1. The van der Waals surface area contributed by atoms with E-state index in [1.54, 1.807) is 7.11 Å². The quantitative estimate of drug-likeness (QED) is 0.328. The van der Waals surface area contributed by atoms with Crippen LogP contribution in [0.15, 0.2) is 42.0 Å². The van der Waals surface area contributed by atoms with Gasteiger partial charge in [-0.25, -0.2) is 0 Å². The Morgan fingerprint density at radius 1 is 1.35 bits per heavy atom. The summed E-state index contributed by atoms with van der Waals surface area (Å²) in [5.41, 5.74) is 2.41. The van der Waals surface area contributed by atoms with Crippen LogP contribution in [-0.2, 0) is 14.2 Å². The average molecular weight is 234 g/mol. The van der Waals surface area contributed by atoms with Gasteiger partial charge in [0, 0.05) is 7.11 Å². The lowest BCUT2D eigenvalue weighted by Crippen LogP contribution is -2.00. The largest absolute Gasteiger partial charge is 0.360 e. The Hall–Kier alpha value is -1.16. The van der Waals surface area contributed by atoms with Crippen LogP contribution in [0.3, 0.4) is 0 Å². The number of hydrogen-bond acceptors (Lipinski definition) is 3. The van der Waals surface area contributed by atoms with Crippen molar-refractivity contribution in [3.8, 4) is 0 Å². The predicted molar refractivity (Wildman–Crippen MR) is 65.6 cm³/mol. The first-order valence-electron chi connectivity index (χ1n) is 5.75. The van der Waals surface area contributed by atoms with Crippen molar-refractivity contribution in [3.63, 3.8) is 0 Å². The van der Waals surface area contributed by atoms with E-state index in [2.05, 4.69) is 18.2 Å². The fourth-order valence-corrected chi connectivity index (χ4v) is 1.78.